The summed E-state index contributed by atoms with van der Waals surface area (Å²) in [6.45, 7) is 4.52. The Morgan fingerprint density at radius 1 is 0.526 bits per heavy atom. The van der Waals surface area contributed by atoms with Gasteiger partial charge in [-0.2, -0.15) is 5.26 Å². The van der Waals surface area contributed by atoms with Crippen molar-refractivity contribution in [3.63, 3.8) is 0 Å². The fourth-order valence-corrected chi connectivity index (χ4v) is 8.64. The average molecular weight is 731 g/mol. The van der Waals surface area contributed by atoms with E-state index in [0.717, 1.165) is 55.9 Å². The lowest BCUT2D eigenvalue weighted by Crippen LogP contribution is -2.33. The lowest BCUT2D eigenvalue weighted by atomic mass is 9.81. The van der Waals surface area contributed by atoms with Gasteiger partial charge in [-0.25, -0.2) is 9.98 Å². The van der Waals surface area contributed by atoms with Gasteiger partial charge in [0.2, 0.25) is 0 Å². The van der Waals surface area contributed by atoms with E-state index in [1.54, 1.807) is 0 Å². The van der Waals surface area contributed by atoms with Gasteiger partial charge in [0.05, 0.1) is 11.6 Å². The molecule has 0 saturated carbocycles. The smallest absolute Gasteiger partial charge is 0.159 e. The quantitative estimate of drug-likeness (QED) is 0.185. The highest BCUT2D eigenvalue weighted by Gasteiger charge is 2.37. The summed E-state index contributed by atoms with van der Waals surface area (Å²) in [7, 11) is 0. The van der Waals surface area contributed by atoms with Gasteiger partial charge in [0.1, 0.15) is 12.0 Å². The van der Waals surface area contributed by atoms with Gasteiger partial charge in [-0.1, -0.05) is 184 Å². The van der Waals surface area contributed by atoms with Gasteiger partial charge in [0.25, 0.3) is 0 Å². The molecule has 57 heavy (non-hydrogen) atoms. The van der Waals surface area contributed by atoms with Crippen LogP contribution in [0.15, 0.2) is 192 Å². The lowest BCUT2D eigenvalue weighted by Gasteiger charge is -2.24. The number of nitrogens with one attached hydrogen (secondary N) is 1. The van der Waals surface area contributed by atoms with E-state index in [1.807, 2.05) is 48.5 Å². The van der Waals surface area contributed by atoms with E-state index in [1.165, 1.54) is 38.6 Å². The molecule has 4 nitrogen and oxygen atoms in total. The summed E-state index contributed by atoms with van der Waals surface area (Å²) in [4.78, 5) is 10.0. The number of rotatable bonds is 6. The number of hydrogen-bond donors (Lipinski definition) is 1. The maximum absolute atomic E-state index is 9.90. The first-order valence-electron chi connectivity index (χ1n) is 19.4. The molecule has 8 aromatic rings. The Morgan fingerprint density at radius 2 is 1.18 bits per heavy atom. The highest BCUT2D eigenvalue weighted by molar-refractivity contribution is 6.13. The second-order valence-electron chi connectivity index (χ2n) is 15.3. The predicted octanol–water partition coefficient (Wildman–Crippen LogP) is 12.5. The third kappa shape index (κ3) is 5.93. The molecule has 10 rings (SSSR count). The normalized spacial score (nSPS) is 15.1. The van der Waals surface area contributed by atoms with Gasteiger partial charge < -0.3 is 5.32 Å². The third-order valence-corrected chi connectivity index (χ3v) is 11.6. The van der Waals surface area contributed by atoms with Crippen molar-refractivity contribution < 1.29 is 0 Å². The topological polar surface area (TPSA) is 60.5 Å². The molecule has 0 saturated heterocycles. The zero-order valence-corrected chi connectivity index (χ0v) is 31.7. The number of amidine groups is 2. The number of nitriles is 1. The largest absolute Gasteiger partial charge is 0.344 e. The zero-order chi connectivity index (χ0) is 38.5. The predicted molar refractivity (Wildman–Crippen MR) is 234 cm³/mol. The van der Waals surface area contributed by atoms with Crippen LogP contribution in [0, 0.1) is 11.3 Å². The number of fused-ring (bicyclic) bond motifs is 4. The van der Waals surface area contributed by atoms with Crippen molar-refractivity contribution >= 4 is 22.4 Å². The van der Waals surface area contributed by atoms with Gasteiger partial charge in [-0.15, -0.1) is 0 Å². The van der Waals surface area contributed by atoms with Crippen LogP contribution in [0.3, 0.4) is 0 Å². The minimum absolute atomic E-state index is 0.190. The van der Waals surface area contributed by atoms with E-state index < -0.39 is 0 Å². The molecule has 1 atom stereocenters. The van der Waals surface area contributed by atoms with Crippen LogP contribution < -0.4 is 5.32 Å². The molecule has 1 N–H and O–H groups in total. The number of aliphatic imine (C=N–C) groups is 2. The monoisotopic (exact) mass is 730 g/mol. The molecule has 1 unspecified atom stereocenters. The summed E-state index contributed by atoms with van der Waals surface area (Å²) in [5.41, 5.74) is 15.3. The average Bonchev–Trinajstić information content (AvgIpc) is 3.52. The number of nitrogens with zero attached hydrogens (tertiary/aromatic N) is 3. The summed E-state index contributed by atoms with van der Waals surface area (Å²) < 4.78 is 0. The SMILES string of the molecule is CC1(C)c2cc(-c3ccc(-c4ccc5ccccc5c4-c4ccc(C5N=C(c6ccccc6)N=C(c6ccccc6)N5)cc4)cc3)ccc2-c2c(C#N)cccc21. The summed E-state index contributed by atoms with van der Waals surface area (Å²) >= 11 is 0. The molecule has 0 aromatic heterocycles. The van der Waals surface area contributed by atoms with E-state index in [0.29, 0.717) is 5.84 Å². The fourth-order valence-electron chi connectivity index (χ4n) is 8.64. The standard InChI is InChI=1S/C53H38N4/c1-53(2)46-19-11-17-42(33-54)49(46)45-31-29-41(32-47(45)53)34-20-22-36(23-21-34)44-30-28-35-12-9-10-18-43(35)48(44)37-24-26-40(27-25-37)52-56-50(38-13-5-3-6-14-38)55-51(57-52)39-15-7-4-8-16-39/h3-32,52H,1-2H3,(H,55,56,57). The summed E-state index contributed by atoms with van der Waals surface area (Å²) in [5.74, 6) is 1.52. The maximum atomic E-state index is 9.90. The van der Waals surface area contributed by atoms with Crippen LogP contribution in [-0.4, -0.2) is 11.7 Å². The van der Waals surface area contributed by atoms with E-state index in [9.17, 15) is 5.26 Å². The molecule has 0 spiro atoms. The molecular weight excluding hydrogens is 693 g/mol. The second kappa shape index (κ2) is 13.7. The minimum Gasteiger partial charge on any atom is -0.344 e. The Bertz CT molecular complexity index is 2930. The molecule has 1 heterocycles. The molecule has 2 aliphatic rings. The van der Waals surface area contributed by atoms with Crippen LogP contribution in [-0.2, 0) is 5.41 Å². The Labute approximate surface area is 333 Å². The van der Waals surface area contributed by atoms with Crippen molar-refractivity contribution in [3.8, 4) is 50.6 Å². The van der Waals surface area contributed by atoms with Crippen LogP contribution >= 0.6 is 0 Å². The van der Waals surface area contributed by atoms with Crippen molar-refractivity contribution in [2.75, 3.05) is 0 Å². The van der Waals surface area contributed by atoms with Crippen LogP contribution in [0.4, 0.5) is 0 Å². The van der Waals surface area contributed by atoms with Crippen LogP contribution in [0.1, 0.15) is 53.4 Å². The maximum Gasteiger partial charge on any atom is 0.159 e. The Balaban J connectivity index is 1.00. The lowest BCUT2D eigenvalue weighted by molar-refractivity contribution is 0.660. The van der Waals surface area contributed by atoms with E-state index in [2.05, 4.69) is 159 Å². The molecule has 270 valence electrons. The highest BCUT2D eigenvalue weighted by atomic mass is 15.2. The highest BCUT2D eigenvalue weighted by Crippen LogP contribution is 2.51. The van der Waals surface area contributed by atoms with Crippen molar-refractivity contribution in [1.82, 2.24) is 5.32 Å². The molecular formula is C53H38N4. The number of benzene rings is 8. The first-order valence-corrected chi connectivity index (χ1v) is 19.4. The first kappa shape index (κ1) is 34.2. The van der Waals surface area contributed by atoms with Crippen molar-refractivity contribution in [3.05, 3.63) is 215 Å². The zero-order valence-electron chi connectivity index (χ0n) is 31.7. The van der Waals surface area contributed by atoms with Crippen molar-refractivity contribution in [2.45, 2.75) is 25.4 Å². The molecule has 0 radical (unpaired) electrons. The first-order chi connectivity index (χ1) is 28.0. The minimum atomic E-state index is -0.297. The summed E-state index contributed by atoms with van der Waals surface area (Å²) in [6.07, 6.45) is -0.297. The van der Waals surface area contributed by atoms with Crippen molar-refractivity contribution in [2.24, 2.45) is 9.98 Å². The van der Waals surface area contributed by atoms with Gasteiger partial charge >= 0.3 is 0 Å². The molecule has 0 amide bonds. The number of hydrogen-bond acceptors (Lipinski definition) is 4. The second-order valence-corrected chi connectivity index (χ2v) is 15.3. The molecule has 1 aliphatic carbocycles. The van der Waals surface area contributed by atoms with E-state index in [4.69, 9.17) is 9.98 Å². The Kier molecular flexibility index (Phi) is 8.24. The van der Waals surface area contributed by atoms with Crippen LogP contribution in [0.5, 0.6) is 0 Å². The van der Waals surface area contributed by atoms with E-state index in [-0.39, 0.29) is 11.6 Å². The molecule has 1 aliphatic heterocycles. The van der Waals surface area contributed by atoms with Gasteiger partial charge in [-0.05, 0) is 78.5 Å². The Morgan fingerprint density at radius 3 is 1.93 bits per heavy atom. The summed E-state index contributed by atoms with van der Waals surface area (Å²) in [6, 6.07) is 66.5. The van der Waals surface area contributed by atoms with Gasteiger partial charge in [0, 0.05) is 22.1 Å². The molecule has 0 bridgehead atoms. The van der Waals surface area contributed by atoms with Crippen LogP contribution in [0.2, 0.25) is 0 Å². The molecule has 0 fully saturated rings. The van der Waals surface area contributed by atoms with Crippen LogP contribution in [0.25, 0.3) is 55.3 Å². The van der Waals surface area contributed by atoms with Gasteiger partial charge in [-0.3, -0.25) is 0 Å². The third-order valence-electron chi connectivity index (χ3n) is 11.6. The summed E-state index contributed by atoms with van der Waals surface area (Å²) in [5, 5.41) is 15.9. The fraction of sp³-hybridized carbons (Fsp3) is 0.0755. The van der Waals surface area contributed by atoms with Crippen molar-refractivity contribution in [1.29, 1.82) is 5.26 Å². The van der Waals surface area contributed by atoms with E-state index >= 15 is 0 Å². The Hall–Kier alpha value is -7.35. The molecule has 4 heteroatoms. The van der Waals surface area contributed by atoms with Gasteiger partial charge in [0.15, 0.2) is 5.84 Å². The molecule has 8 aromatic carbocycles.